The van der Waals surface area contributed by atoms with E-state index in [1.165, 1.54) is 7.11 Å². The van der Waals surface area contributed by atoms with Gasteiger partial charge in [0.25, 0.3) is 0 Å². The van der Waals surface area contributed by atoms with Gasteiger partial charge in [-0.2, -0.15) is 0 Å². The largest absolute Gasteiger partial charge is 0.464 e. The van der Waals surface area contributed by atoms with Crippen LogP contribution in [0.5, 0.6) is 0 Å². The molecule has 7 heteroatoms. The molecule has 0 bridgehead atoms. The first kappa shape index (κ1) is 13.5. The molecule has 0 aliphatic heterocycles. The molecule has 0 unspecified atom stereocenters. The van der Waals surface area contributed by atoms with Crippen LogP contribution in [0.2, 0.25) is 0 Å². The Morgan fingerprint density at radius 3 is 2.58 bits per heavy atom. The smallest absolute Gasteiger partial charge is 0.357 e. The van der Waals surface area contributed by atoms with E-state index in [0.717, 1.165) is 23.5 Å². The summed E-state index contributed by atoms with van der Waals surface area (Å²) in [5.74, 6) is -4.83. The highest BCUT2D eigenvalue weighted by atomic mass is 32.1. The number of hydrogen-bond donors (Lipinski definition) is 0. The van der Waals surface area contributed by atoms with Crippen molar-refractivity contribution in [2.24, 2.45) is 0 Å². The Balaban J connectivity index is 2.55. The first-order chi connectivity index (χ1) is 8.95. The maximum Gasteiger partial charge on any atom is 0.357 e. The average molecular weight is 287 g/mol. The van der Waals surface area contributed by atoms with Crippen molar-refractivity contribution in [3.05, 3.63) is 40.2 Å². The van der Waals surface area contributed by atoms with Gasteiger partial charge >= 0.3 is 5.97 Å². The van der Waals surface area contributed by atoms with Crippen molar-refractivity contribution in [3.63, 3.8) is 0 Å². The van der Waals surface area contributed by atoms with Crippen LogP contribution < -0.4 is 0 Å². The van der Waals surface area contributed by atoms with E-state index in [-0.39, 0.29) is 16.3 Å². The lowest BCUT2D eigenvalue weighted by atomic mass is 10.2. The standard InChI is InChI=1S/C12H8F3NO2S/c1-5-10(12(17)18-2)16-11(19-5)6-3-4-7(13)9(15)8(6)14/h3-4H,1-2H3. The van der Waals surface area contributed by atoms with Crippen molar-refractivity contribution in [2.75, 3.05) is 7.11 Å². The molecule has 3 nitrogen and oxygen atoms in total. The third-order valence-electron chi connectivity index (χ3n) is 2.44. The number of methoxy groups -OCH3 is 1. The number of carbonyl (C=O) groups is 1. The van der Waals surface area contributed by atoms with Gasteiger partial charge in [-0.3, -0.25) is 0 Å². The van der Waals surface area contributed by atoms with Gasteiger partial charge in [0, 0.05) is 10.4 Å². The molecule has 0 atom stereocenters. The van der Waals surface area contributed by atoms with Gasteiger partial charge in [-0.25, -0.2) is 22.9 Å². The highest BCUT2D eigenvalue weighted by molar-refractivity contribution is 7.15. The second kappa shape index (κ2) is 5.00. The van der Waals surface area contributed by atoms with E-state index in [1.807, 2.05) is 0 Å². The minimum absolute atomic E-state index is 0.0339. The minimum atomic E-state index is -1.56. The van der Waals surface area contributed by atoms with E-state index in [2.05, 4.69) is 9.72 Å². The summed E-state index contributed by atoms with van der Waals surface area (Å²) in [5, 5.41) is 0.0919. The number of nitrogens with zero attached hydrogens (tertiary/aromatic N) is 1. The molecule has 0 radical (unpaired) electrons. The van der Waals surface area contributed by atoms with Crippen LogP contribution in [-0.4, -0.2) is 18.1 Å². The molecule has 0 aliphatic carbocycles. The summed E-state index contributed by atoms with van der Waals surface area (Å²) in [7, 11) is 1.19. The molecule has 100 valence electrons. The Morgan fingerprint density at radius 1 is 1.26 bits per heavy atom. The lowest BCUT2D eigenvalue weighted by molar-refractivity contribution is 0.0594. The third kappa shape index (κ3) is 2.33. The maximum absolute atomic E-state index is 13.6. The van der Waals surface area contributed by atoms with Crippen LogP contribution in [0.15, 0.2) is 12.1 Å². The van der Waals surface area contributed by atoms with Gasteiger partial charge in [-0.1, -0.05) is 0 Å². The number of rotatable bonds is 2. The molecule has 1 aromatic heterocycles. The van der Waals surface area contributed by atoms with Crippen LogP contribution in [0, 0.1) is 24.4 Å². The molecule has 1 heterocycles. The second-order valence-corrected chi connectivity index (χ2v) is 4.84. The number of aryl methyl sites for hydroxylation is 1. The van der Waals surface area contributed by atoms with Crippen molar-refractivity contribution in [1.29, 1.82) is 0 Å². The minimum Gasteiger partial charge on any atom is -0.464 e. The molecule has 0 saturated heterocycles. The number of hydrogen-bond acceptors (Lipinski definition) is 4. The van der Waals surface area contributed by atoms with Gasteiger partial charge in [-0.05, 0) is 19.1 Å². The Morgan fingerprint density at radius 2 is 1.95 bits per heavy atom. The number of esters is 1. The Labute approximate surface area is 110 Å². The fourth-order valence-electron chi connectivity index (χ4n) is 1.49. The Hall–Kier alpha value is -1.89. The van der Waals surface area contributed by atoms with E-state index in [0.29, 0.717) is 4.88 Å². The van der Waals surface area contributed by atoms with E-state index >= 15 is 0 Å². The van der Waals surface area contributed by atoms with Gasteiger partial charge < -0.3 is 4.74 Å². The monoisotopic (exact) mass is 287 g/mol. The molecule has 0 spiro atoms. The van der Waals surface area contributed by atoms with E-state index < -0.39 is 23.4 Å². The molecule has 0 N–H and O–H groups in total. The summed E-state index contributed by atoms with van der Waals surface area (Å²) in [6.07, 6.45) is 0. The highest BCUT2D eigenvalue weighted by Gasteiger charge is 2.21. The first-order valence-electron chi connectivity index (χ1n) is 5.15. The number of thiazole rings is 1. The highest BCUT2D eigenvalue weighted by Crippen LogP contribution is 2.31. The summed E-state index contributed by atoms with van der Waals surface area (Å²) in [4.78, 5) is 15.8. The number of benzene rings is 1. The molecule has 2 rings (SSSR count). The van der Waals surface area contributed by atoms with Crippen molar-refractivity contribution in [3.8, 4) is 10.6 Å². The zero-order valence-electron chi connectivity index (χ0n) is 9.96. The van der Waals surface area contributed by atoms with Gasteiger partial charge in [-0.15, -0.1) is 11.3 Å². The van der Waals surface area contributed by atoms with Crippen LogP contribution in [0.3, 0.4) is 0 Å². The van der Waals surface area contributed by atoms with Crippen molar-refractivity contribution < 1.29 is 22.7 Å². The molecule has 0 fully saturated rings. The van der Waals surface area contributed by atoms with Crippen molar-refractivity contribution >= 4 is 17.3 Å². The predicted molar refractivity (Wildman–Crippen MR) is 63.5 cm³/mol. The number of halogens is 3. The van der Waals surface area contributed by atoms with Crippen molar-refractivity contribution in [1.82, 2.24) is 4.98 Å². The maximum atomic E-state index is 13.6. The Kier molecular flexibility index (Phi) is 3.57. The molecule has 0 amide bonds. The van der Waals surface area contributed by atoms with Gasteiger partial charge in [0.05, 0.1) is 7.11 Å². The van der Waals surface area contributed by atoms with Gasteiger partial charge in [0.15, 0.2) is 23.1 Å². The van der Waals surface area contributed by atoms with Crippen molar-refractivity contribution in [2.45, 2.75) is 6.92 Å². The molecule has 2 aromatic rings. The number of ether oxygens (including phenoxy) is 1. The zero-order valence-corrected chi connectivity index (χ0v) is 10.8. The lowest BCUT2D eigenvalue weighted by Crippen LogP contribution is -2.03. The first-order valence-corrected chi connectivity index (χ1v) is 5.97. The average Bonchev–Trinajstić information content (AvgIpc) is 2.77. The van der Waals surface area contributed by atoms with Crippen LogP contribution >= 0.6 is 11.3 Å². The topological polar surface area (TPSA) is 39.2 Å². The van der Waals surface area contributed by atoms with Crippen LogP contribution in [0.4, 0.5) is 13.2 Å². The predicted octanol–water partition coefficient (Wildman–Crippen LogP) is 3.32. The summed E-state index contributed by atoms with van der Waals surface area (Å²) >= 11 is 0.999. The number of carbonyl (C=O) groups excluding carboxylic acids is 1. The van der Waals surface area contributed by atoms with E-state index in [9.17, 15) is 18.0 Å². The summed E-state index contributed by atoms with van der Waals surface area (Å²) < 4.78 is 44.1. The van der Waals surface area contributed by atoms with Crippen LogP contribution in [-0.2, 0) is 4.74 Å². The SMILES string of the molecule is COC(=O)c1nc(-c2ccc(F)c(F)c2F)sc1C. The fraction of sp³-hybridized carbons (Fsp3) is 0.167. The zero-order chi connectivity index (χ0) is 14.2. The quantitative estimate of drug-likeness (QED) is 0.628. The molecule has 1 aromatic carbocycles. The van der Waals surface area contributed by atoms with Crippen LogP contribution in [0.25, 0.3) is 10.6 Å². The van der Waals surface area contributed by atoms with E-state index in [4.69, 9.17) is 0 Å². The molecule has 0 saturated carbocycles. The second-order valence-electron chi connectivity index (χ2n) is 3.64. The van der Waals surface area contributed by atoms with E-state index in [1.54, 1.807) is 6.92 Å². The lowest BCUT2D eigenvalue weighted by Gasteiger charge is -2.00. The third-order valence-corrected chi connectivity index (χ3v) is 3.45. The molecular weight excluding hydrogens is 279 g/mol. The van der Waals surface area contributed by atoms with Crippen LogP contribution in [0.1, 0.15) is 15.4 Å². The summed E-state index contributed by atoms with van der Waals surface area (Å²) in [6, 6.07) is 1.88. The summed E-state index contributed by atoms with van der Waals surface area (Å²) in [6.45, 7) is 1.60. The fourth-order valence-corrected chi connectivity index (χ4v) is 2.41. The van der Waals surface area contributed by atoms with Gasteiger partial charge in [0.2, 0.25) is 0 Å². The number of aromatic nitrogens is 1. The molecular formula is C12H8F3NO2S. The Bertz CT molecular complexity index is 655. The molecule has 0 aliphatic rings. The van der Waals surface area contributed by atoms with Gasteiger partial charge in [0.1, 0.15) is 5.01 Å². The normalized spacial score (nSPS) is 10.6. The summed E-state index contributed by atoms with van der Waals surface area (Å²) in [5.41, 5.74) is -0.159. The molecule has 19 heavy (non-hydrogen) atoms.